The SMILES string of the molecule is O=C(O)CC1CCN(C(=O)c2cn[nH]n2)CC1. The van der Waals surface area contributed by atoms with Gasteiger partial charge in [0.2, 0.25) is 0 Å². The van der Waals surface area contributed by atoms with Crippen molar-refractivity contribution in [2.24, 2.45) is 5.92 Å². The van der Waals surface area contributed by atoms with E-state index in [2.05, 4.69) is 15.4 Å². The first-order valence-electron chi connectivity index (χ1n) is 5.53. The van der Waals surface area contributed by atoms with Crippen LogP contribution in [0.5, 0.6) is 0 Å². The van der Waals surface area contributed by atoms with Gasteiger partial charge >= 0.3 is 5.97 Å². The van der Waals surface area contributed by atoms with E-state index >= 15 is 0 Å². The fraction of sp³-hybridized carbons (Fsp3) is 0.600. The maximum atomic E-state index is 11.9. The molecule has 0 bridgehead atoms. The van der Waals surface area contributed by atoms with Gasteiger partial charge in [-0.1, -0.05) is 0 Å². The Balaban J connectivity index is 1.87. The van der Waals surface area contributed by atoms with Gasteiger partial charge in [-0.15, -0.1) is 0 Å². The highest BCUT2D eigenvalue weighted by atomic mass is 16.4. The summed E-state index contributed by atoms with van der Waals surface area (Å²) in [5.74, 6) is -0.743. The van der Waals surface area contributed by atoms with Gasteiger partial charge < -0.3 is 10.0 Å². The number of carbonyl (C=O) groups is 2. The Labute approximate surface area is 97.8 Å². The smallest absolute Gasteiger partial charge is 0.303 e. The summed E-state index contributed by atoms with van der Waals surface area (Å²) in [5, 5.41) is 18.4. The van der Waals surface area contributed by atoms with Crippen LogP contribution in [0.3, 0.4) is 0 Å². The average Bonchev–Trinajstić information content (AvgIpc) is 2.82. The first kappa shape index (κ1) is 11.6. The summed E-state index contributed by atoms with van der Waals surface area (Å²) in [5.41, 5.74) is 0.307. The zero-order valence-corrected chi connectivity index (χ0v) is 9.30. The fourth-order valence-corrected chi connectivity index (χ4v) is 2.05. The topological polar surface area (TPSA) is 99.2 Å². The van der Waals surface area contributed by atoms with E-state index in [0.717, 1.165) is 12.8 Å². The highest BCUT2D eigenvalue weighted by Gasteiger charge is 2.25. The maximum absolute atomic E-state index is 11.9. The number of nitrogens with zero attached hydrogens (tertiary/aromatic N) is 3. The third-order valence-electron chi connectivity index (χ3n) is 3.00. The molecule has 7 heteroatoms. The number of aliphatic carboxylic acids is 1. The van der Waals surface area contributed by atoms with Crippen LogP contribution in [0.15, 0.2) is 6.20 Å². The number of carboxylic acids is 1. The van der Waals surface area contributed by atoms with Gasteiger partial charge in [0.1, 0.15) is 0 Å². The van der Waals surface area contributed by atoms with Gasteiger partial charge in [0.25, 0.3) is 5.91 Å². The summed E-state index contributed by atoms with van der Waals surface area (Å²) >= 11 is 0. The molecule has 0 aliphatic carbocycles. The van der Waals surface area contributed by atoms with E-state index in [-0.39, 0.29) is 18.2 Å². The highest BCUT2D eigenvalue weighted by Crippen LogP contribution is 2.21. The number of amides is 1. The van der Waals surface area contributed by atoms with Crippen molar-refractivity contribution in [1.29, 1.82) is 0 Å². The van der Waals surface area contributed by atoms with E-state index in [1.165, 1.54) is 6.20 Å². The van der Waals surface area contributed by atoms with Crippen molar-refractivity contribution < 1.29 is 14.7 Å². The first-order chi connectivity index (χ1) is 8.16. The second kappa shape index (κ2) is 4.94. The molecule has 0 saturated carbocycles. The molecule has 7 nitrogen and oxygen atoms in total. The van der Waals surface area contributed by atoms with Crippen molar-refractivity contribution in [3.8, 4) is 0 Å². The molecule has 2 heterocycles. The number of likely N-dealkylation sites (tertiary alicyclic amines) is 1. The molecule has 1 aliphatic heterocycles. The van der Waals surface area contributed by atoms with E-state index in [4.69, 9.17) is 5.11 Å². The lowest BCUT2D eigenvalue weighted by Gasteiger charge is -2.30. The van der Waals surface area contributed by atoms with Crippen molar-refractivity contribution in [1.82, 2.24) is 20.3 Å². The number of H-pyrrole nitrogens is 1. The Morgan fingerprint density at radius 1 is 1.47 bits per heavy atom. The van der Waals surface area contributed by atoms with Crippen molar-refractivity contribution in [2.75, 3.05) is 13.1 Å². The van der Waals surface area contributed by atoms with Gasteiger partial charge in [0.05, 0.1) is 6.20 Å². The maximum Gasteiger partial charge on any atom is 0.303 e. The van der Waals surface area contributed by atoms with Crippen molar-refractivity contribution in [3.05, 3.63) is 11.9 Å². The zero-order valence-electron chi connectivity index (χ0n) is 9.30. The second-order valence-corrected chi connectivity index (χ2v) is 4.19. The number of hydrogen-bond acceptors (Lipinski definition) is 4. The Kier molecular flexibility index (Phi) is 3.36. The summed E-state index contributed by atoms with van der Waals surface area (Å²) < 4.78 is 0. The fourth-order valence-electron chi connectivity index (χ4n) is 2.05. The molecule has 1 amide bonds. The molecule has 1 fully saturated rings. The summed E-state index contributed by atoms with van der Waals surface area (Å²) in [4.78, 5) is 24.1. The van der Waals surface area contributed by atoms with Gasteiger partial charge in [0, 0.05) is 19.5 Å². The van der Waals surface area contributed by atoms with E-state index in [1.807, 2.05) is 0 Å². The van der Waals surface area contributed by atoms with Crippen LogP contribution in [0.1, 0.15) is 29.8 Å². The molecule has 2 N–H and O–H groups in total. The summed E-state index contributed by atoms with van der Waals surface area (Å²) in [6, 6.07) is 0. The first-order valence-corrected chi connectivity index (χ1v) is 5.53. The molecule has 0 aromatic carbocycles. The third kappa shape index (κ3) is 2.80. The summed E-state index contributed by atoms with van der Waals surface area (Å²) in [6.07, 6.45) is 3.05. The van der Waals surface area contributed by atoms with E-state index in [0.29, 0.717) is 18.8 Å². The summed E-state index contributed by atoms with van der Waals surface area (Å²) in [6.45, 7) is 1.17. The molecule has 0 atom stereocenters. The van der Waals surface area contributed by atoms with Crippen LogP contribution in [-0.2, 0) is 4.79 Å². The Morgan fingerprint density at radius 2 is 2.18 bits per heavy atom. The number of aromatic amines is 1. The molecule has 1 aliphatic rings. The average molecular weight is 238 g/mol. The molecule has 1 aromatic rings. The van der Waals surface area contributed by atoms with Gasteiger partial charge in [0.15, 0.2) is 5.69 Å². The standard InChI is InChI=1S/C10H14N4O3/c15-9(16)5-7-1-3-14(4-2-7)10(17)8-6-11-13-12-8/h6-7H,1-5H2,(H,15,16)(H,11,12,13). The lowest BCUT2D eigenvalue weighted by molar-refractivity contribution is -0.138. The van der Waals surface area contributed by atoms with Gasteiger partial charge in [-0.25, -0.2) is 0 Å². The van der Waals surface area contributed by atoms with Crippen molar-refractivity contribution >= 4 is 11.9 Å². The number of carbonyl (C=O) groups excluding carboxylic acids is 1. The second-order valence-electron chi connectivity index (χ2n) is 4.19. The minimum absolute atomic E-state index is 0.146. The monoisotopic (exact) mass is 238 g/mol. The lowest BCUT2D eigenvalue weighted by atomic mass is 9.93. The molecular weight excluding hydrogens is 224 g/mol. The molecule has 2 rings (SSSR count). The zero-order chi connectivity index (χ0) is 12.3. The molecular formula is C10H14N4O3. The normalized spacial score (nSPS) is 17.1. The molecule has 17 heavy (non-hydrogen) atoms. The van der Waals surface area contributed by atoms with Crippen LogP contribution in [0.2, 0.25) is 0 Å². The van der Waals surface area contributed by atoms with E-state index in [9.17, 15) is 9.59 Å². The minimum Gasteiger partial charge on any atom is -0.481 e. The third-order valence-corrected chi connectivity index (χ3v) is 3.00. The van der Waals surface area contributed by atoms with E-state index < -0.39 is 5.97 Å². The van der Waals surface area contributed by atoms with Crippen molar-refractivity contribution in [3.63, 3.8) is 0 Å². The number of nitrogens with one attached hydrogen (secondary N) is 1. The van der Waals surface area contributed by atoms with Gasteiger partial charge in [-0.3, -0.25) is 9.59 Å². The van der Waals surface area contributed by atoms with Crippen LogP contribution < -0.4 is 0 Å². The Bertz CT molecular complexity index is 396. The number of rotatable bonds is 3. The van der Waals surface area contributed by atoms with E-state index in [1.54, 1.807) is 4.90 Å². The molecule has 1 saturated heterocycles. The van der Waals surface area contributed by atoms with Crippen molar-refractivity contribution in [2.45, 2.75) is 19.3 Å². The summed E-state index contributed by atoms with van der Waals surface area (Å²) in [7, 11) is 0. The Hall–Kier alpha value is -1.92. The molecule has 0 unspecified atom stereocenters. The predicted molar refractivity (Wildman–Crippen MR) is 57.3 cm³/mol. The number of piperidine rings is 1. The molecule has 92 valence electrons. The van der Waals surface area contributed by atoms with Gasteiger partial charge in [-0.2, -0.15) is 15.4 Å². The van der Waals surface area contributed by atoms with Gasteiger partial charge in [-0.05, 0) is 18.8 Å². The number of aromatic nitrogens is 3. The van der Waals surface area contributed by atoms with Crippen LogP contribution in [-0.4, -0.2) is 50.4 Å². The molecule has 0 spiro atoms. The largest absolute Gasteiger partial charge is 0.481 e. The lowest BCUT2D eigenvalue weighted by Crippen LogP contribution is -2.39. The van der Waals surface area contributed by atoms with Crippen LogP contribution in [0, 0.1) is 5.92 Å². The van der Waals surface area contributed by atoms with Crippen LogP contribution in [0.4, 0.5) is 0 Å². The minimum atomic E-state index is -0.772. The van der Waals surface area contributed by atoms with Crippen LogP contribution >= 0.6 is 0 Å². The number of carboxylic acid groups (broad SMARTS) is 1. The Morgan fingerprint density at radius 3 is 2.71 bits per heavy atom. The predicted octanol–water partition coefficient (Wildman–Crippen LogP) is 0.132. The molecule has 0 radical (unpaired) electrons. The highest BCUT2D eigenvalue weighted by molar-refractivity contribution is 5.91. The molecule has 1 aromatic heterocycles. The quantitative estimate of drug-likeness (QED) is 0.779. The number of hydrogen-bond donors (Lipinski definition) is 2. The van der Waals surface area contributed by atoms with Crippen LogP contribution in [0.25, 0.3) is 0 Å².